The summed E-state index contributed by atoms with van der Waals surface area (Å²) in [6.45, 7) is 2.23. The lowest BCUT2D eigenvalue weighted by atomic mass is 10.4. The van der Waals surface area contributed by atoms with Crippen molar-refractivity contribution in [2.24, 2.45) is 0 Å². The third kappa shape index (κ3) is 3.01. The van der Waals surface area contributed by atoms with E-state index in [0.29, 0.717) is 17.7 Å². The van der Waals surface area contributed by atoms with Gasteiger partial charge in [-0.25, -0.2) is 4.68 Å². The maximum absolute atomic E-state index is 12.0. The molecule has 0 aliphatic heterocycles. The van der Waals surface area contributed by atoms with Crippen molar-refractivity contribution in [2.45, 2.75) is 42.8 Å². The first kappa shape index (κ1) is 13.2. The van der Waals surface area contributed by atoms with Crippen molar-refractivity contribution in [2.75, 3.05) is 0 Å². The predicted octanol–water partition coefficient (Wildman–Crippen LogP) is 1.40. The number of tetrazole rings is 1. The van der Waals surface area contributed by atoms with Crippen LogP contribution in [0.1, 0.15) is 31.6 Å². The second kappa shape index (κ2) is 5.66. The van der Waals surface area contributed by atoms with Crippen LogP contribution in [0.3, 0.4) is 0 Å². The molecule has 1 amide bonds. The summed E-state index contributed by atoms with van der Waals surface area (Å²) in [7, 11) is 0. The van der Waals surface area contributed by atoms with Crippen LogP contribution in [0, 0.1) is 0 Å². The number of hydrogen-bond acceptors (Lipinski definition) is 6. The SMILES string of the molecule is CC(Sc1nnnn1C1CC1)C(=O)NCc1ccco1. The van der Waals surface area contributed by atoms with E-state index < -0.39 is 0 Å². The molecule has 1 N–H and O–H groups in total. The van der Waals surface area contributed by atoms with Gasteiger partial charge in [-0.3, -0.25) is 4.79 Å². The molecule has 2 aromatic heterocycles. The van der Waals surface area contributed by atoms with Crippen LogP contribution in [0.4, 0.5) is 0 Å². The highest BCUT2D eigenvalue weighted by atomic mass is 32.2. The van der Waals surface area contributed by atoms with Crippen molar-refractivity contribution in [1.82, 2.24) is 25.5 Å². The Morgan fingerprint density at radius 3 is 3.20 bits per heavy atom. The van der Waals surface area contributed by atoms with Crippen molar-refractivity contribution in [3.8, 4) is 0 Å². The van der Waals surface area contributed by atoms with Gasteiger partial charge in [0.25, 0.3) is 0 Å². The highest BCUT2D eigenvalue weighted by molar-refractivity contribution is 8.00. The Morgan fingerprint density at radius 2 is 2.50 bits per heavy atom. The quantitative estimate of drug-likeness (QED) is 0.810. The fourth-order valence-corrected chi connectivity index (χ4v) is 2.64. The predicted molar refractivity (Wildman–Crippen MR) is 72.0 cm³/mol. The number of aromatic nitrogens is 4. The van der Waals surface area contributed by atoms with E-state index >= 15 is 0 Å². The van der Waals surface area contributed by atoms with Gasteiger partial charge in [0.2, 0.25) is 11.1 Å². The number of nitrogens with zero attached hydrogens (tertiary/aromatic N) is 4. The number of amides is 1. The number of rotatable bonds is 6. The molecule has 3 rings (SSSR count). The molecule has 8 heteroatoms. The molecule has 0 saturated heterocycles. The first-order valence-corrected chi connectivity index (χ1v) is 7.36. The second-order valence-corrected chi connectivity index (χ2v) is 6.00. The van der Waals surface area contributed by atoms with Crippen molar-refractivity contribution in [3.05, 3.63) is 24.2 Å². The topological polar surface area (TPSA) is 85.8 Å². The van der Waals surface area contributed by atoms with Crippen molar-refractivity contribution >= 4 is 17.7 Å². The van der Waals surface area contributed by atoms with E-state index in [4.69, 9.17) is 4.42 Å². The van der Waals surface area contributed by atoms with Gasteiger partial charge in [0, 0.05) is 0 Å². The lowest BCUT2D eigenvalue weighted by Gasteiger charge is -2.10. The summed E-state index contributed by atoms with van der Waals surface area (Å²) in [6, 6.07) is 4.03. The third-order valence-corrected chi connectivity index (χ3v) is 4.07. The highest BCUT2D eigenvalue weighted by Crippen LogP contribution is 2.37. The van der Waals surface area contributed by atoms with Crippen LogP contribution in [0.25, 0.3) is 0 Å². The summed E-state index contributed by atoms with van der Waals surface area (Å²) in [6.07, 6.45) is 3.80. The average Bonchev–Trinajstić information content (AvgIpc) is 2.97. The third-order valence-electron chi connectivity index (χ3n) is 3.02. The van der Waals surface area contributed by atoms with Gasteiger partial charge in [0.1, 0.15) is 5.76 Å². The Hall–Kier alpha value is -1.83. The van der Waals surface area contributed by atoms with E-state index in [1.54, 1.807) is 17.0 Å². The van der Waals surface area contributed by atoms with Crippen LogP contribution < -0.4 is 5.32 Å². The van der Waals surface area contributed by atoms with Gasteiger partial charge >= 0.3 is 0 Å². The molecule has 0 spiro atoms. The number of carbonyl (C=O) groups is 1. The maximum atomic E-state index is 12.0. The minimum Gasteiger partial charge on any atom is -0.467 e. The lowest BCUT2D eigenvalue weighted by Crippen LogP contribution is -2.30. The Balaban J connectivity index is 1.54. The van der Waals surface area contributed by atoms with Gasteiger partial charge < -0.3 is 9.73 Å². The van der Waals surface area contributed by atoms with Crippen LogP contribution in [0.15, 0.2) is 28.0 Å². The zero-order valence-electron chi connectivity index (χ0n) is 11.0. The fraction of sp³-hybridized carbons (Fsp3) is 0.500. The molecule has 7 nitrogen and oxygen atoms in total. The Labute approximate surface area is 120 Å². The highest BCUT2D eigenvalue weighted by Gasteiger charge is 2.29. The van der Waals surface area contributed by atoms with Gasteiger partial charge in [-0.1, -0.05) is 11.8 Å². The van der Waals surface area contributed by atoms with E-state index in [1.165, 1.54) is 11.8 Å². The minimum absolute atomic E-state index is 0.0586. The molecular formula is C12H15N5O2S. The van der Waals surface area contributed by atoms with Crippen molar-refractivity contribution in [3.63, 3.8) is 0 Å². The molecule has 2 heterocycles. The number of nitrogens with one attached hydrogen (secondary N) is 1. The van der Waals surface area contributed by atoms with Crippen LogP contribution in [0.5, 0.6) is 0 Å². The largest absolute Gasteiger partial charge is 0.467 e. The molecule has 1 aliphatic carbocycles. The number of carbonyl (C=O) groups excluding carboxylic acids is 1. The summed E-state index contributed by atoms with van der Waals surface area (Å²) in [5.74, 6) is 0.676. The molecular weight excluding hydrogens is 278 g/mol. The number of thioether (sulfide) groups is 1. The molecule has 2 aromatic rings. The summed E-state index contributed by atoms with van der Waals surface area (Å²) < 4.78 is 6.98. The van der Waals surface area contributed by atoms with E-state index in [-0.39, 0.29) is 11.2 Å². The Kier molecular flexibility index (Phi) is 3.72. The first-order valence-electron chi connectivity index (χ1n) is 6.48. The standard InChI is InChI=1S/C12H15N5O2S/c1-8(11(18)13-7-10-3-2-6-19-10)20-12-14-15-16-17(12)9-4-5-9/h2-3,6,8-9H,4-5,7H2,1H3,(H,13,18). The first-order chi connectivity index (χ1) is 9.74. The van der Waals surface area contributed by atoms with Gasteiger partial charge in [-0.15, -0.1) is 5.10 Å². The van der Waals surface area contributed by atoms with E-state index in [0.717, 1.165) is 18.6 Å². The second-order valence-electron chi connectivity index (χ2n) is 4.69. The Morgan fingerprint density at radius 1 is 1.65 bits per heavy atom. The zero-order chi connectivity index (χ0) is 13.9. The molecule has 1 fully saturated rings. The van der Waals surface area contributed by atoms with Crippen LogP contribution in [-0.2, 0) is 11.3 Å². The average molecular weight is 293 g/mol. The molecule has 20 heavy (non-hydrogen) atoms. The Bertz CT molecular complexity index is 578. The normalized spacial score (nSPS) is 16.1. The summed E-state index contributed by atoms with van der Waals surface area (Å²) in [5, 5.41) is 14.9. The van der Waals surface area contributed by atoms with Gasteiger partial charge in [0.05, 0.1) is 24.1 Å². The maximum Gasteiger partial charge on any atom is 0.233 e. The monoisotopic (exact) mass is 293 g/mol. The molecule has 1 aliphatic rings. The van der Waals surface area contributed by atoms with E-state index in [9.17, 15) is 4.79 Å². The van der Waals surface area contributed by atoms with Gasteiger partial charge in [0.15, 0.2) is 0 Å². The van der Waals surface area contributed by atoms with Gasteiger partial charge in [-0.05, 0) is 42.3 Å². The van der Waals surface area contributed by atoms with E-state index in [2.05, 4.69) is 20.8 Å². The lowest BCUT2D eigenvalue weighted by molar-refractivity contribution is -0.120. The van der Waals surface area contributed by atoms with E-state index in [1.807, 2.05) is 13.0 Å². The summed E-state index contributed by atoms with van der Waals surface area (Å²) >= 11 is 1.37. The van der Waals surface area contributed by atoms with Crippen LogP contribution in [-0.4, -0.2) is 31.4 Å². The molecule has 0 radical (unpaired) electrons. The molecule has 1 unspecified atom stereocenters. The minimum atomic E-state index is -0.256. The van der Waals surface area contributed by atoms with Crippen molar-refractivity contribution in [1.29, 1.82) is 0 Å². The number of hydrogen-bond donors (Lipinski definition) is 1. The van der Waals surface area contributed by atoms with Crippen LogP contribution in [0.2, 0.25) is 0 Å². The van der Waals surface area contributed by atoms with Crippen LogP contribution >= 0.6 is 11.8 Å². The number of furan rings is 1. The zero-order valence-corrected chi connectivity index (χ0v) is 11.8. The summed E-state index contributed by atoms with van der Waals surface area (Å²) in [5.41, 5.74) is 0. The van der Waals surface area contributed by atoms with Crippen molar-refractivity contribution < 1.29 is 9.21 Å². The molecule has 0 bridgehead atoms. The molecule has 1 saturated carbocycles. The van der Waals surface area contributed by atoms with Gasteiger partial charge in [-0.2, -0.15) is 0 Å². The fourth-order valence-electron chi connectivity index (χ4n) is 1.75. The molecule has 0 aromatic carbocycles. The smallest absolute Gasteiger partial charge is 0.233 e. The molecule has 1 atom stereocenters. The molecule has 106 valence electrons. The summed E-state index contributed by atoms with van der Waals surface area (Å²) in [4.78, 5) is 12.0.